The third-order valence-electron chi connectivity index (χ3n) is 4.01. The summed E-state index contributed by atoms with van der Waals surface area (Å²) in [6.07, 6.45) is 2.92. The number of fused-ring (bicyclic) bond motifs is 1. The number of nitrogens with one attached hydrogen (secondary N) is 1. The second-order valence-electron chi connectivity index (χ2n) is 5.41. The first-order valence-corrected chi connectivity index (χ1v) is 8.45. The lowest BCUT2D eigenvalue weighted by Gasteiger charge is -2.24. The smallest absolute Gasteiger partial charge is 0.338 e. The summed E-state index contributed by atoms with van der Waals surface area (Å²) in [6.45, 7) is 2.48. The highest BCUT2D eigenvalue weighted by Crippen LogP contribution is 2.24. The number of esters is 1. The number of carbonyl (C=O) groups excluding carboxylic acids is 1. The standard InChI is InChI=1S/C15H19NO3S/c17-15-14-2-1-13(9-12(14)5-8-19-15)20(18)10-11-3-6-16-7-4-11/h1-2,9,11,16H,3-8,10H2. The molecule has 4 nitrogen and oxygen atoms in total. The third kappa shape index (κ3) is 3.00. The first kappa shape index (κ1) is 13.9. The van der Waals surface area contributed by atoms with Crippen molar-refractivity contribution >= 4 is 17.1 Å². The van der Waals surface area contributed by atoms with Gasteiger partial charge in [0.1, 0.15) is 5.75 Å². The fourth-order valence-corrected chi connectivity index (χ4v) is 4.26. The van der Waals surface area contributed by atoms with E-state index in [0.29, 0.717) is 18.1 Å². The number of hydrogen-bond donors (Lipinski definition) is 1. The van der Waals surface area contributed by atoms with Crippen LogP contribution in [-0.2, 0) is 22.3 Å². The molecule has 1 atom stereocenters. The second kappa shape index (κ2) is 6.16. The minimum absolute atomic E-state index is 0.262. The van der Waals surface area contributed by atoms with Gasteiger partial charge in [0.05, 0.1) is 12.2 Å². The van der Waals surface area contributed by atoms with Crippen molar-refractivity contribution in [3.8, 4) is 0 Å². The molecule has 5 heteroatoms. The summed E-state index contributed by atoms with van der Waals surface area (Å²) >= 11 is -0.970. The Balaban J connectivity index is 1.71. The number of benzene rings is 1. The SMILES string of the molecule is O=C1OCCc2cc([S+]([O-])CC3CCNCC3)ccc21. The molecule has 0 aliphatic carbocycles. The largest absolute Gasteiger partial charge is 0.611 e. The molecule has 0 bridgehead atoms. The van der Waals surface area contributed by atoms with E-state index >= 15 is 0 Å². The average Bonchev–Trinajstić information content (AvgIpc) is 2.48. The Labute approximate surface area is 122 Å². The molecule has 108 valence electrons. The van der Waals surface area contributed by atoms with Crippen molar-refractivity contribution in [1.29, 1.82) is 0 Å². The van der Waals surface area contributed by atoms with Gasteiger partial charge in [0.15, 0.2) is 4.90 Å². The van der Waals surface area contributed by atoms with Crippen molar-refractivity contribution in [2.24, 2.45) is 5.92 Å². The zero-order valence-electron chi connectivity index (χ0n) is 11.4. The first-order valence-electron chi connectivity index (χ1n) is 7.13. The van der Waals surface area contributed by atoms with E-state index in [9.17, 15) is 9.35 Å². The van der Waals surface area contributed by atoms with Crippen LogP contribution in [0.4, 0.5) is 0 Å². The van der Waals surface area contributed by atoms with Crippen LogP contribution in [0.3, 0.4) is 0 Å². The lowest BCUT2D eigenvalue weighted by molar-refractivity contribution is 0.0480. The van der Waals surface area contributed by atoms with Crippen molar-refractivity contribution in [2.45, 2.75) is 24.2 Å². The van der Waals surface area contributed by atoms with E-state index < -0.39 is 11.2 Å². The van der Waals surface area contributed by atoms with Gasteiger partial charge in [-0.25, -0.2) is 4.79 Å². The number of rotatable bonds is 3. The molecule has 0 spiro atoms. The molecular formula is C15H19NO3S. The zero-order chi connectivity index (χ0) is 13.9. The summed E-state index contributed by atoms with van der Waals surface area (Å²) in [5, 5.41) is 3.32. The molecule has 2 aliphatic heterocycles. The van der Waals surface area contributed by atoms with Gasteiger partial charge in [-0.2, -0.15) is 0 Å². The van der Waals surface area contributed by atoms with Crippen molar-refractivity contribution < 1.29 is 14.1 Å². The Morgan fingerprint density at radius 1 is 1.35 bits per heavy atom. The predicted molar refractivity (Wildman–Crippen MR) is 77.3 cm³/mol. The third-order valence-corrected chi connectivity index (χ3v) is 5.56. The quantitative estimate of drug-likeness (QED) is 0.678. The van der Waals surface area contributed by atoms with E-state index in [-0.39, 0.29) is 5.97 Å². The highest BCUT2D eigenvalue weighted by molar-refractivity contribution is 7.91. The lowest BCUT2D eigenvalue weighted by Crippen LogP contribution is -2.31. The van der Waals surface area contributed by atoms with Crippen LogP contribution >= 0.6 is 0 Å². The Hall–Kier alpha value is -1.04. The molecule has 1 saturated heterocycles. The van der Waals surface area contributed by atoms with Gasteiger partial charge in [0.25, 0.3) is 0 Å². The van der Waals surface area contributed by atoms with E-state index in [2.05, 4.69) is 5.32 Å². The molecule has 0 amide bonds. The van der Waals surface area contributed by atoms with E-state index in [1.54, 1.807) is 6.07 Å². The van der Waals surface area contributed by atoms with Crippen LogP contribution in [0.1, 0.15) is 28.8 Å². The molecule has 2 heterocycles. The fourth-order valence-electron chi connectivity index (χ4n) is 2.81. The minimum Gasteiger partial charge on any atom is -0.611 e. The maximum atomic E-state index is 12.5. The highest BCUT2D eigenvalue weighted by atomic mass is 32.2. The van der Waals surface area contributed by atoms with Gasteiger partial charge in [-0.3, -0.25) is 0 Å². The average molecular weight is 293 g/mol. The maximum Gasteiger partial charge on any atom is 0.338 e. The molecule has 1 fully saturated rings. The van der Waals surface area contributed by atoms with E-state index in [1.165, 1.54) is 0 Å². The van der Waals surface area contributed by atoms with Crippen LogP contribution in [0.25, 0.3) is 0 Å². The van der Waals surface area contributed by atoms with E-state index in [1.807, 2.05) is 12.1 Å². The Morgan fingerprint density at radius 2 is 2.15 bits per heavy atom. The number of piperidine rings is 1. The van der Waals surface area contributed by atoms with Crippen molar-refractivity contribution in [3.05, 3.63) is 29.3 Å². The summed E-state index contributed by atoms with van der Waals surface area (Å²) in [6, 6.07) is 5.49. The normalized spacial score (nSPS) is 21.1. The topological polar surface area (TPSA) is 61.4 Å². The van der Waals surface area contributed by atoms with Crippen LogP contribution in [0, 0.1) is 5.92 Å². The summed E-state index contributed by atoms with van der Waals surface area (Å²) in [4.78, 5) is 12.4. The highest BCUT2D eigenvalue weighted by Gasteiger charge is 2.24. The van der Waals surface area contributed by atoms with Crippen LogP contribution in [0.15, 0.2) is 23.1 Å². The Morgan fingerprint density at radius 3 is 2.95 bits per heavy atom. The first-order chi connectivity index (χ1) is 9.74. The molecule has 1 aromatic rings. The van der Waals surface area contributed by atoms with Gasteiger partial charge in [0.2, 0.25) is 0 Å². The molecule has 1 aromatic carbocycles. The molecule has 0 aromatic heterocycles. The van der Waals surface area contributed by atoms with Crippen molar-refractivity contribution in [3.63, 3.8) is 0 Å². The number of hydrogen-bond acceptors (Lipinski definition) is 4. The van der Waals surface area contributed by atoms with Gasteiger partial charge >= 0.3 is 5.97 Å². The van der Waals surface area contributed by atoms with E-state index in [0.717, 1.165) is 48.6 Å². The van der Waals surface area contributed by atoms with Gasteiger partial charge < -0.3 is 14.6 Å². The van der Waals surface area contributed by atoms with Crippen molar-refractivity contribution in [2.75, 3.05) is 25.4 Å². The number of carbonyl (C=O) groups is 1. The number of ether oxygens (including phenoxy) is 1. The van der Waals surface area contributed by atoms with Gasteiger partial charge in [-0.05, 0) is 60.9 Å². The molecule has 20 heavy (non-hydrogen) atoms. The summed E-state index contributed by atoms with van der Waals surface area (Å²) in [5.41, 5.74) is 1.59. The molecule has 0 radical (unpaired) electrons. The molecule has 0 saturated carbocycles. The summed E-state index contributed by atoms with van der Waals surface area (Å²) < 4.78 is 17.5. The van der Waals surface area contributed by atoms with Crippen molar-refractivity contribution in [1.82, 2.24) is 5.32 Å². The van der Waals surface area contributed by atoms with Crippen LogP contribution in [-0.4, -0.2) is 36.0 Å². The summed E-state index contributed by atoms with van der Waals surface area (Å²) in [7, 11) is 0. The van der Waals surface area contributed by atoms with Crippen LogP contribution in [0.5, 0.6) is 0 Å². The van der Waals surface area contributed by atoms with Crippen LogP contribution in [0.2, 0.25) is 0 Å². The van der Waals surface area contributed by atoms with Gasteiger partial charge in [0, 0.05) is 12.3 Å². The second-order valence-corrected chi connectivity index (χ2v) is 6.91. The number of cyclic esters (lactones) is 1. The van der Waals surface area contributed by atoms with E-state index in [4.69, 9.17) is 4.74 Å². The van der Waals surface area contributed by atoms with Gasteiger partial charge in [-0.1, -0.05) is 0 Å². The maximum absolute atomic E-state index is 12.5. The van der Waals surface area contributed by atoms with Gasteiger partial charge in [-0.15, -0.1) is 0 Å². The monoisotopic (exact) mass is 293 g/mol. The Kier molecular flexibility index (Phi) is 4.29. The molecular weight excluding hydrogens is 274 g/mol. The molecule has 1 N–H and O–H groups in total. The summed E-state index contributed by atoms with van der Waals surface area (Å²) in [5.74, 6) is 1.00. The van der Waals surface area contributed by atoms with Crippen LogP contribution < -0.4 is 5.32 Å². The minimum atomic E-state index is -0.970. The molecule has 2 aliphatic rings. The molecule has 3 rings (SSSR count). The predicted octanol–water partition coefficient (Wildman–Crippen LogP) is 1.51. The fraction of sp³-hybridized carbons (Fsp3) is 0.533. The lowest BCUT2D eigenvalue weighted by atomic mass is 10.0. The Bertz CT molecular complexity index is 500. The zero-order valence-corrected chi connectivity index (χ0v) is 12.2. The molecule has 1 unspecified atom stereocenters.